The number of benzene rings is 2. The average Bonchev–Trinajstić information content (AvgIpc) is 3.36. The van der Waals surface area contributed by atoms with Gasteiger partial charge in [0.15, 0.2) is 22.7 Å². The molecule has 1 aliphatic rings. The van der Waals surface area contributed by atoms with Crippen molar-refractivity contribution in [3.8, 4) is 11.5 Å². The molecule has 0 spiro atoms. The zero-order valence-corrected chi connectivity index (χ0v) is 15.6. The van der Waals surface area contributed by atoms with Crippen LogP contribution in [0.4, 0.5) is 0 Å². The molecule has 0 N–H and O–H groups in total. The third-order valence-corrected chi connectivity index (χ3v) is 5.45. The Balaban J connectivity index is 1.40. The van der Waals surface area contributed by atoms with Crippen molar-refractivity contribution in [2.45, 2.75) is 17.9 Å². The van der Waals surface area contributed by atoms with Crippen LogP contribution in [0.3, 0.4) is 0 Å². The third kappa shape index (κ3) is 3.11. The van der Waals surface area contributed by atoms with Gasteiger partial charge in [-0.3, -0.25) is 4.79 Å². The van der Waals surface area contributed by atoms with Crippen molar-refractivity contribution in [2.75, 3.05) is 6.79 Å². The summed E-state index contributed by atoms with van der Waals surface area (Å²) in [7, 11) is 0. The van der Waals surface area contributed by atoms with E-state index in [1.165, 1.54) is 21.5 Å². The van der Waals surface area contributed by atoms with Gasteiger partial charge in [-0.1, -0.05) is 30.3 Å². The van der Waals surface area contributed by atoms with E-state index in [2.05, 4.69) is 22.1 Å². The lowest BCUT2D eigenvalue weighted by molar-refractivity contribution is 0.174. The fourth-order valence-corrected chi connectivity index (χ4v) is 3.88. The number of fused-ring (bicyclic) bond motifs is 2. The van der Waals surface area contributed by atoms with Gasteiger partial charge in [0.05, 0.1) is 6.33 Å². The Labute approximate surface area is 164 Å². The van der Waals surface area contributed by atoms with Crippen molar-refractivity contribution >= 4 is 23.1 Å². The monoisotopic (exact) mass is 392 g/mol. The molecule has 7 nitrogen and oxygen atoms in total. The highest BCUT2D eigenvalue weighted by molar-refractivity contribution is 7.97. The largest absolute Gasteiger partial charge is 0.454 e. The standard InChI is InChI=1S/C20H16N4O3S/c25-20-18-19(23(11-21-18)9-8-14-4-2-1-3-5-14)22-12-24(20)28-15-6-7-16-17(10-15)27-13-26-16/h1-7,10-12H,8-9,13H2. The lowest BCUT2D eigenvalue weighted by Gasteiger charge is -2.06. The normalized spacial score (nSPS) is 12.6. The first-order valence-corrected chi connectivity index (χ1v) is 9.60. The maximum absolute atomic E-state index is 12.8. The topological polar surface area (TPSA) is 71.2 Å². The molecule has 0 fully saturated rings. The van der Waals surface area contributed by atoms with Crippen LogP contribution in [0.25, 0.3) is 11.2 Å². The van der Waals surface area contributed by atoms with E-state index in [0.29, 0.717) is 29.2 Å². The molecule has 0 bridgehead atoms. The zero-order chi connectivity index (χ0) is 18.9. The molecular formula is C20H16N4O3S. The summed E-state index contributed by atoms with van der Waals surface area (Å²) in [5.41, 5.74) is 2.01. The summed E-state index contributed by atoms with van der Waals surface area (Å²) in [5, 5.41) is 0. The van der Waals surface area contributed by atoms with Gasteiger partial charge >= 0.3 is 0 Å². The minimum absolute atomic E-state index is 0.189. The molecule has 2 aromatic carbocycles. The molecule has 0 amide bonds. The molecule has 0 aliphatic carbocycles. The van der Waals surface area contributed by atoms with E-state index in [9.17, 15) is 4.79 Å². The van der Waals surface area contributed by atoms with Crippen molar-refractivity contribution < 1.29 is 9.47 Å². The average molecular weight is 392 g/mol. The molecular weight excluding hydrogens is 376 g/mol. The molecule has 2 aromatic heterocycles. The van der Waals surface area contributed by atoms with Crippen LogP contribution in [0.1, 0.15) is 5.56 Å². The van der Waals surface area contributed by atoms with Crippen LogP contribution in [0.2, 0.25) is 0 Å². The first-order chi connectivity index (χ1) is 13.8. The van der Waals surface area contributed by atoms with E-state index in [1.54, 1.807) is 12.7 Å². The van der Waals surface area contributed by atoms with Gasteiger partial charge in [0.2, 0.25) is 6.79 Å². The minimum Gasteiger partial charge on any atom is -0.454 e. The Morgan fingerprint density at radius 3 is 2.75 bits per heavy atom. The molecule has 140 valence electrons. The smallest absolute Gasteiger partial charge is 0.291 e. The van der Waals surface area contributed by atoms with Crippen molar-refractivity contribution in [3.05, 3.63) is 77.1 Å². The maximum atomic E-state index is 12.8. The fraction of sp³-hybridized carbons (Fsp3) is 0.150. The Hall–Kier alpha value is -3.26. The minimum atomic E-state index is -0.189. The first-order valence-electron chi connectivity index (χ1n) is 8.82. The number of aryl methyl sites for hydroxylation is 2. The summed E-state index contributed by atoms with van der Waals surface area (Å²) >= 11 is 1.27. The molecule has 0 unspecified atom stereocenters. The molecule has 0 saturated carbocycles. The highest BCUT2D eigenvalue weighted by Crippen LogP contribution is 2.35. The van der Waals surface area contributed by atoms with E-state index >= 15 is 0 Å². The summed E-state index contributed by atoms with van der Waals surface area (Å²) < 4.78 is 14.1. The van der Waals surface area contributed by atoms with Crippen molar-refractivity contribution in [1.29, 1.82) is 0 Å². The Bertz CT molecular complexity index is 1200. The number of ether oxygens (including phenoxy) is 2. The Kier molecular flexibility index (Phi) is 4.25. The predicted octanol–water partition coefficient (Wildman–Crippen LogP) is 3.12. The highest BCUT2D eigenvalue weighted by atomic mass is 32.2. The van der Waals surface area contributed by atoms with Crippen LogP contribution < -0.4 is 15.0 Å². The number of imidazole rings is 1. The van der Waals surface area contributed by atoms with Crippen LogP contribution in [0, 0.1) is 0 Å². The van der Waals surface area contributed by atoms with E-state index in [-0.39, 0.29) is 12.4 Å². The lowest BCUT2D eigenvalue weighted by atomic mass is 10.1. The van der Waals surface area contributed by atoms with Crippen LogP contribution in [0.15, 0.2) is 70.9 Å². The van der Waals surface area contributed by atoms with Gasteiger partial charge in [0.1, 0.15) is 6.33 Å². The van der Waals surface area contributed by atoms with Crippen LogP contribution in [-0.2, 0) is 13.0 Å². The molecule has 5 rings (SSSR count). The van der Waals surface area contributed by atoms with Gasteiger partial charge in [-0.05, 0) is 42.1 Å². The quantitative estimate of drug-likeness (QED) is 0.520. The predicted molar refractivity (Wildman–Crippen MR) is 106 cm³/mol. The van der Waals surface area contributed by atoms with Gasteiger partial charge < -0.3 is 14.0 Å². The summed E-state index contributed by atoms with van der Waals surface area (Å²) in [6, 6.07) is 15.8. The number of hydrogen-bond acceptors (Lipinski definition) is 6. The van der Waals surface area contributed by atoms with Gasteiger partial charge in [-0.15, -0.1) is 0 Å². The summed E-state index contributed by atoms with van der Waals surface area (Å²) in [5.74, 6) is 1.39. The lowest BCUT2D eigenvalue weighted by Crippen LogP contribution is -2.16. The molecule has 0 atom stereocenters. The third-order valence-electron chi connectivity index (χ3n) is 4.53. The van der Waals surface area contributed by atoms with Crippen molar-refractivity contribution in [3.63, 3.8) is 0 Å². The van der Waals surface area contributed by atoms with Gasteiger partial charge in [-0.25, -0.2) is 13.9 Å². The highest BCUT2D eigenvalue weighted by Gasteiger charge is 2.15. The summed E-state index contributed by atoms with van der Waals surface area (Å²) in [4.78, 5) is 22.5. The van der Waals surface area contributed by atoms with Crippen molar-refractivity contribution in [1.82, 2.24) is 18.5 Å². The summed E-state index contributed by atoms with van der Waals surface area (Å²) in [6.45, 7) is 0.934. The zero-order valence-electron chi connectivity index (χ0n) is 14.8. The number of aromatic nitrogens is 4. The second-order valence-corrected chi connectivity index (χ2v) is 7.38. The second kappa shape index (κ2) is 7.05. The molecule has 3 heterocycles. The van der Waals surface area contributed by atoms with E-state index in [0.717, 1.165) is 11.3 Å². The van der Waals surface area contributed by atoms with Gasteiger partial charge in [0, 0.05) is 11.4 Å². The SMILES string of the molecule is O=c1c2ncn(CCc3ccccc3)c2ncn1Sc1ccc2c(c1)OCO2. The molecule has 0 saturated heterocycles. The van der Waals surface area contributed by atoms with Crippen LogP contribution in [-0.4, -0.2) is 25.3 Å². The molecule has 0 radical (unpaired) electrons. The Morgan fingerprint density at radius 2 is 1.86 bits per heavy atom. The number of hydrogen-bond donors (Lipinski definition) is 0. The molecule has 4 aromatic rings. The van der Waals surface area contributed by atoms with Gasteiger partial charge in [-0.2, -0.15) is 0 Å². The van der Waals surface area contributed by atoms with Gasteiger partial charge in [0.25, 0.3) is 5.56 Å². The van der Waals surface area contributed by atoms with Crippen LogP contribution >= 0.6 is 11.9 Å². The van der Waals surface area contributed by atoms with E-state index < -0.39 is 0 Å². The second-order valence-electron chi connectivity index (χ2n) is 6.33. The van der Waals surface area contributed by atoms with Crippen LogP contribution in [0.5, 0.6) is 11.5 Å². The van der Waals surface area contributed by atoms with E-state index in [4.69, 9.17) is 9.47 Å². The number of rotatable bonds is 5. The fourth-order valence-electron chi connectivity index (χ4n) is 3.10. The molecule has 8 heteroatoms. The van der Waals surface area contributed by atoms with E-state index in [1.807, 2.05) is 41.0 Å². The molecule has 28 heavy (non-hydrogen) atoms. The summed E-state index contributed by atoms with van der Waals surface area (Å²) in [6.07, 6.45) is 4.07. The first kappa shape index (κ1) is 16.9. The van der Waals surface area contributed by atoms with Crippen molar-refractivity contribution in [2.24, 2.45) is 0 Å². The molecule has 1 aliphatic heterocycles. The number of nitrogens with zero attached hydrogens (tertiary/aromatic N) is 4. The Morgan fingerprint density at radius 1 is 1.00 bits per heavy atom. The maximum Gasteiger partial charge on any atom is 0.291 e.